The molecule has 0 radical (unpaired) electrons. The lowest BCUT2D eigenvalue weighted by atomic mass is 10.1. The maximum atomic E-state index is 12.4. The summed E-state index contributed by atoms with van der Waals surface area (Å²) in [5.41, 5.74) is 2.68. The second-order valence-corrected chi connectivity index (χ2v) is 6.94. The minimum absolute atomic E-state index is 0.000103. The zero-order chi connectivity index (χ0) is 19.3. The van der Waals surface area contributed by atoms with Gasteiger partial charge in [0.05, 0.1) is 23.7 Å². The van der Waals surface area contributed by atoms with Crippen molar-refractivity contribution in [2.45, 2.75) is 25.9 Å². The van der Waals surface area contributed by atoms with Crippen LogP contribution in [0.2, 0.25) is 0 Å². The molecular weight excluding hydrogens is 356 g/mol. The number of amides is 2. The van der Waals surface area contributed by atoms with Crippen LogP contribution in [0.1, 0.15) is 18.5 Å². The Hall–Kier alpha value is -3.29. The molecule has 1 saturated heterocycles. The molecule has 0 saturated carbocycles. The van der Waals surface area contributed by atoms with E-state index in [9.17, 15) is 9.59 Å². The molecule has 1 aliphatic rings. The maximum absolute atomic E-state index is 12.4. The minimum atomic E-state index is -0.302. The van der Waals surface area contributed by atoms with Crippen molar-refractivity contribution >= 4 is 22.8 Å². The molecular formula is C20H22N6O2. The summed E-state index contributed by atoms with van der Waals surface area (Å²) < 4.78 is 1.84. The van der Waals surface area contributed by atoms with Crippen LogP contribution in [0.4, 0.5) is 0 Å². The first-order valence-corrected chi connectivity index (χ1v) is 9.44. The quantitative estimate of drug-likeness (QED) is 0.627. The van der Waals surface area contributed by atoms with Crippen LogP contribution in [0.15, 0.2) is 48.7 Å². The van der Waals surface area contributed by atoms with Crippen molar-refractivity contribution < 1.29 is 9.59 Å². The molecule has 1 unspecified atom stereocenters. The predicted molar refractivity (Wildman–Crippen MR) is 103 cm³/mol. The molecule has 0 aliphatic carbocycles. The largest absolute Gasteiger partial charge is 0.356 e. The second-order valence-electron chi connectivity index (χ2n) is 6.94. The summed E-state index contributed by atoms with van der Waals surface area (Å²) in [6, 6.07) is 13.4. The van der Waals surface area contributed by atoms with E-state index in [1.54, 1.807) is 11.1 Å². The lowest BCUT2D eigenvalue weighted by Gasteiger charge is -2.16. The molecule has 1 aromatic carbocycles. The average Bonchev–Trinajstić information content (AvgIpc) is 3.30. The number of carbonyl (C=O) groups excluding carboxylic acids is 2. The molecule has 1 N–H and O–H groups in total. The van der Waals surface area contributed by atoms with E-state index in [4.69, 9.17) is 0 Å². The molecule has 4 rings (SSSR count). The van der Waals surface area contributed by atoms with Crippen molar-refractivity contribution in [3.05, 3.63) is 54.4 Å². The van der Waals surface area contributed by atoms with E-state index in [-0.39, 0.29) is 24.2 Å². The van der Waals surface area contributed by atoms with Gasteiger partial charge in [-0.1, -0.05) is 23.4 Å². The number of likely N-dealkylation sites (tertiary alicyclic amines) is 1. The Labute approximate surface area is 162 Å². The predicted octanol–water partition coefficient (Wildman–Crippen LogP) is 1.38. The highest BCUT2D eigenvalue weighted by atomic mass is 16.2. The fourth-order valence-corrected chi connectivity index (χ4v) is 3.46. The molecule has 28 heavy (non-hydrogen) atoms. The van der Waals surface area contributed by atoms with E-state index >= 15 is 0 Å². The zero-order valence-corrected chi connectivity index (χ0v) is 15.5. The Balaban J connectivity index is 1.23. The van der Waals surface area contributed by atoms with Crippen LogP contribution < -0.4 is 5.32 Å². The number of nitrogens with zero attached hydrogens (tertiary/aromatic N) is 5. The van der Waals surface area contributed by atoms with Gasteiger partial charge in [-0.3, -0.25) is 14.6 Å². The molecule has 3 aromatic rings. The summed E-state index contributed by atoms with van der Waals surface area (Å²) in [5, 5.41) is 11.2. The van der Waals surface area contributed by atoms with E-state index in [1.165, 1.54) is 0 Å². The number of para-hydroxylation sites is 1. The number of carbonyl (C=O) groups is 2. The Morgan fingerprint density at radius 3 is 2.89 bits per heavy atom. The van der Waals surface area contributed by atoms with Gasteiger partial charge in [0.15, 0.2) is 0 Å². The first-order valence-electron chi connectivity index (χ1n) is 9.44. The van der Waals surface area contributed by atoms with Crippen molar-refractivity contribution in [3.63, 3.8) is 0 Å². The normalized spacial score (nSPS) is 16.6. The van der Waals surface area contributed by atoms with Gasteiger partial charge in [-0.15, -0.1) is 5.10 Å². The van der Waals surface area contributed by atoms with Crippen LogP contribution in [0.5, 0.6) is 0 Å². The number of hydrogen-bond donors (Lipinski definition) is 1. The number of fused-ring (bicyclic) bond motifs is 1. The number of nitrogens with one attached hydrogen (secondary N) is 1. The summed E-state index contributed by atoms with van der Waals surface area (Å²) in [5.74, 6) is -0.372. The highest BCUT2D eigenvalue weighted by Crippen LogP contribution is 2.19. The van der Waals surface area contributed by atoms with Gasteiger partial charge in [-0.25, -0.2) is 4.68 Å². The molecule has 1 fully saturated rings. The molecule has 3 heterocycles. The molecule has 144 valence electrons. The van der Waals surface area contributed by atoms with E-state index in [0.29, 0.717) is 26.2 Å². The number of aromatic nitrogens is 4. The topological polar surface area (TPSA) is 93.0 Å². The van der Waals surface area contributed by atoms with Crippen LogP contribution in [0, 0.1) is 5.92 Å². The number of rotatable bonds is 7. The lowest BCUT2D eigenvalue weighted by Crippen LogP contribution is -2.33. The summed E-state index contributed by atoms with van der Waals surface area (Å²) >= 11 is 0. The first-order chi connectivity index (χ1) is 13.7. The fourth-order valence-electron chi connectivity index (χ4n) is 3.46. The zero-order valence-electron chi connectivity index (χ0n) is 15.5. The maximum Gasteiger partial charge on any atom is 0.225 e. The molecule has 1 atom stereocenters. The Kier molecular flexibility index (Phi) is 5.27. The SMILES string of the molecule is O=C(NCCCn1nnc2ccccc21)C1CC(=O)N(Cc2ccccn2)C1. The number of pyridine rings is 1. The second kappa shape index (κ2) is 8.16. The van der Waals surface area contributed by atoms with Gasteiger partial charge in [0.1, 0.15) is 5.52 Å². The third-order valence-corrected chi connectivity index (χ3v) is 4.93. The van der Waals surface area contributed by atoms with E-state index < -0.39 is 0 Å². The number of aryl methyl sites for hydroxylation is 1. The van der Waals surface area contributed by atoms with Crippen molar-refractivity contribution in [1.29, 1.82) is 0 Å². The van der Waals surface area contributed by atoms with E-state index in [1.807, 2.05) is 47.1 Å². The minimum Gasteiger partial charge on any atom is -0.356 e. The fraction of sp³-hybridized carbons (Fsp3) is 0.350. The van der Waals surface area contributed by atoms with Crippen LogP contribution in [0.3, 0.4) is 0 Å². The molecule has 2 amide bonds. The van der Waals surface area contributed by atoms with Crippen LogP contribution in [-0.2, 0) is 22.7 Å². The molecule has 8 heteroatoms. The van der Waals surface area contributed by atoms with Crippen molar-refractivity contribution in [3.8, 4) is 0 Å². The highest BCUT2D eigenvalue weighted by molar-refractivity contribution is 5.89. The molecule has 0 bridgehead atoms. The van der Waals surface area contributed by atoms with Gasteiger partial charge < -0.3 is 10.2 Å². The van der Waals surface area contributed by atoms with Crippen molar-refractivity contribution in [2.24, 2.45) is 5.92 Å². The summed E-state index contributed by atoms with van der Waals surface area (Å²) in [6.45, 7) is 2.10. The van der Waals surface area contributed by atoms with E-state index in [2.05, 4.69) is 20.6 Å². The summed E-state index contributed by atoms with van der Waals surface area (Å²) in [7, 11) is 0. The van der Waals surface area contributed by atoms with Crippen LogP contribution in [0.25, 0.3) is 11.0 Å². The van der Waals surface area contributed by atoms with E-state index in [0.717, 1.165) is 23.1 Å². The third-order valence-electron chi connectivity index (χ3n) is 4.93. The number of hydrogen-bond acceptors (Lipinski definition) is 5. The first kappa shape index (κ1) is 18.1. The molecule has 0 spiro atoms. The summed E-state index contributed by atoms with van der Waals surface area (Å²) in [4.78, 5) is 30.6. The molecule has 8 nitrogen and oxygen atoms in total. The lowest BCUT2D eigenvalue weighted by molar-refractivity contribution is -0.129. The third kappa shape index (κ3) is 4.00. The van der Waals surface area contributed by atoms with Gasteiger partial charge in [0.25, 0.3) is 0 Å². The summed E-state index contributed by atoms with van der Waals surface area (Å²) in [6.07, 6.45) is 2.71. The Morgan fingerprint density at radius 2 is 2.04 bits per heavy atom. The highest BCUT2D eigenvalue weighted by Gasteiger charge is 2.34. The Bertz CT molecular complexity index is 971. The van der Waals surface area contributed by atoms with Gasteiger partial charge in [-0.2, -0.15) is 0 Å². The van der Waals surface area contributed by atoms with Gasteiger partial charge in [-0.05, 0) is 30.7 Å². The van der Waals surface area contributed by atoms with Gasteiger partial charge in [0.2, 0.25) is 11.8 Å². The van der Waals surface area contributed by atoms with Crippen LogP contribution >= 0.6 is 0 Å². The number of benzene rings is 1. The van der Waals surface area contributed by atoms with Gasteiger partial charge >= 0.3 is 0 Å². The monoisotopic (exact) mass is 378 g/mol. The molecule has 2 aromatic heterocycles. The smallest absolute Gasteiger partial charge is 0.225 e. The molecule has 1 aliphatic heterocycles. The van der Waals surface area contributed by atoms with Crippen molar-refractivity contribution in [1.82, 2.24) is 30.2 Å². The van der Waals surface area contributed by atoms with Gasteiger partial charge in [0, 0.05) is 32.3 Å². The average molecular weight is 378 g/mol. The Morgan fingerprint density at radius 1 is 1.18 bits per heavy atom. The van der Waals surface area contributed by atoms with Crippen molar-refractivity contribution in [2.75, 3.05) is 13.1 Å². The van der Waals surface area contributed by atoms with Crippen LogP contribution in [-0.4, -0.2) is 49.8 Å². The standard InChI is InChI=1S/C20H22N6O2/c27-19-12-15(13-25(19)14-16-6-3-4-9-21-16)20(28)22-10-5-11-26-18-8-2-1-7-17(18)23-24-26/h1-4,6-9,15H,5,10-14H2,(H,22,28).